The molecule has 0 radical (unpaired) electrons. The van der Waals surface area contributed by atoms with E-state index in [0.717, 1.165) is 0 Å². The largest absolute Gasteiger partial charge is 0.298 e. The van der Waals surface area contributed by atoms with Gasteiger partial charge in [-0.1, -0.05) is 6.07 Å². The molecule has 0 atom stereocenters. The van der Waals surface area contributed by atoms with E-state index in [0.29, 0.717) is 16.3 Å². The van der Waals surface area contributed by atoms with Crippen molar-refractivity contribution in [1.29, 1.82) is 0 Å². The highest BCUT2D eigenvalue weighted by Gasteiger charge is 2.01. The molecular weight excluding hydrogens is 215 g/mol. The van der Waals surface area contributed by atoms with E-state index in [1.807, 2.05) is 0 Å². The van der Waals surface area contributed by atoms with Gasteiger partial charge in [0.1, 0.15) is 6.29 Å². The summed E-state index contributed by atoms with van der Waals surface area (Å²) in [6.45, 7) is 0. The first-order chi connectivity index (χ1) is 5.27. The quantitative estimate of drug-likeness (QED) is 0.714. The number of aldehydes is 1. The second-order valence-corrected chi connectivity index (χ2v) is 2.74. The molecule has 0 amide bonds. The molecule has 0 fully saturated rings. The van der Waals surface area contributed by atoms with Crippen molar-refractivity contribution in [3.63, 3.8) is 0 Å². The van der Waals surface area contributed by atoms with Gasteiger partial charge in [0.05, 0.1) is 4.47 Å². The van der Waals surface area contributed by atoms with Gasteiger partial charge in [-0.3, -0.25) is 9.74 Å². The molecule has 1 aromatic carbocycles. The fraction of sp³-hybridized carbons (Fsp3) is 0. The maximum absolute atomic E-state index is 11.7. The number of carbonyl (C=O) groups is 1. The Balaban J connectivity index is 3.12. The molecule has 58 valence electrons. The van der Waals surface area contributed by atoms with Gasteiger partial charge in [-0.2, -0.15) is 0 Å². The van der Waals surface area contributed by atoms with Gasteiger partial charge in [-0.25, -0.2) is 0 Å². The molecule has 0 N–H and O–H groups in total. The average Bonchev–Trinajstić information content (AvgIpc) is 2.05. The Bertz CT molecular complexity index is 275. The summed E-state index contributed by atoms with van der Waals surface area (Å²) in [5, 5.41) is 0. The first-order valence-electron chi connectivity index (χ1n) is 2.81. The van der Waals surface area contributed by atoms with E-state index in [-0.39, 0.29) is 5.75 Å². The summed E-state index contributed by atoms with van der Waals surface area (Å²) < 4.78 is 12.1. The van der Waals surface area contributed by atoms with Crippen molar-refractivity contribution in [3.8, 4) is 5.75 Å². The van der Waals surface area contributed by atoms with Crippen LogP contribution in [0.2, 0.25) is 0 Å². The highest BCUT2D eigenvalue weighted by atomic mass is 79.9. The van der Waals surface area contributed by atoms with Crippen LogP contribution in [-0.4, -0.2) is 6.29 Å². The molecule has 1 aromatic rings. The van der Waals surface area contributed by atoms with E-state index in [1.54, 1.807) is 12.1 Å². The Morgan fingerprint density at radius 2 is 2.27 bits per heavy atom. The fourth-order valence-corrected chi connectivity index (χ4v) is 0.960. The Morgan fingerprint density at radius 3 is 2.82 bits per heavy atom. The number of benzene rings is 1. The van der Waals surface area contributed by atoms with Gasteiger partial charge in [0.15, 0.2) is 5.75 Å². The molecule has 2 nitrogen and oxygen atoms in total. The van der Waals surface area contributed by atoms with Crippen molar-refractivity contribution in [2.75, 3.05) is 0 Å². The first kappa shape index (κ1) is 8.20. The Labute approximate surface area is 71.0 Å². The second-order valence-electron chi connectivity index (χ2n) is 1.88. The van der Waals surface area contributed by atoms with Gasteiger partial charge in [0.25, 0.3) is 0 Å². The molecule has 11 heavy (non-hydrogen) atoms. The van der Waals surface area contributed by atoms with Gasteiger partial charge in [0, 0.05) is 10.1 Å². The van der Waals surface area contributed by atoms with E-state index in [1.165, 1.54) is 6.07 Å². The van der Waals surface area contributed by atoms with E-state index in [2.05, 4.69) is 20.9 Å². The number of halogens is 2. The minimum Gasteiger partial charge on any atom is -0.298 e. The molecule has 0 aromatic heterocycles. The fourth-order valence-electron chi connectivity index (χ4n) is 0.652. The maximum Gasteiger partial charge on any atom is 0.186 e. The summed E-state index contributed by atoms with van der Waals surface area (Å²) >= 11 is 3.04. The highest BCUT2D eigenvalue weighted by molar-refractivity contribution is 9.10. The van der Waals surface area contributed by atoms with Gasteiger partial charge >= 0.3 is 0 Å². The number of hydrogen-bond donors (Lipinski definition) is 0. The third-order valence-corrected chi connectivity index (χ3v) is 1.83. The molecule has 0 saturated carbocycles. The second kappa shape index (κ2) is 3.48. The lowest BCUT2D eigenvalue weighted by molar-refractivity contribution is -0.00718. The lowest BCUT2D eigenvalue weighted by atomic mass is 10.2. The van der Waals surface area contributed by atoms with Crippen molar-refractivity contribution in [1.82, 2.24) is 0 Å². The Hall–Kier alpha value is -0.900. The van der Waals surface area contributed by atoms with Crippen LogP contribution in [0, 0.1) is 0 Å². The Morgan fingerprint density at radius 1 is 1.55 bits per heavy atom. The molecular formula is C7H4BrFO2. The monoisotopic (exact) mass is 218 g/mol. The zero-order valence-corrected chi connectivity index (χ0v) is 6.97. The minimum absolute atomic E-state index is 0.00889. The Kier molecular flexibility index (Phi) is 2.59. The SMILES string of the molecule is O=Cc1ccc(Br)c(OF)c1. The smallest absolute Gasteiger partial charge is 0.186 e. The van der Waals surface area contributed by atoms with Crippen LogP contribution in [0.25, 0.3) is 0 Å². The maximum atomic E-state index is 11.7. The summed E-state index contributed by atoms with van der Waals surface area (Å²) in [5.74, 6) is 0.00889. The van der Waals surface area contributed by atoms with Crippen LogP contribution in [0.15, 0.2) is 22.7 Å². The van der Waals surface area contributed by atoms with Crippen LogP contribution in [0.5, 0.6) is 5.75 Å². The minimum atomic E-state index is 0.00889. The zero-order chi connectivity index (χ0) is 8.27. The molecule has 0 aliphatic heterocycles. The molecule has 0 saturated heterocycles. The molecule has 0 unspecified atom stereocenters. The van der Waals surface area contributed by atoms with E-state index >= 15 is 0 Å². The molecule has 0 aliphatic rings. The van der Waals surface area contributed by atoms with E-state index in [4.69, 9.17) is 0 Å². The lowest BCUT2D eigenvalue weighted by Crippen LogP contribution is -1.83. The predicted octanol–water partition coefficient (Wildman–Crippen LogP) is 2.52. The topological polar surface area (TPSA) is 26.3 Å². The first-order valence-corrected chi connectivity index (χ1v) is 3.60. The van der Waals surface area contributed by atoms with Crippen molar-refractivity contribution in [3.05, 3.63) is 28.2 Å². The number of hydrogen-bond acceptors (Lipinski definition) is 2. The highest BCUT2D eigenvalue weighted by Crippen LogP contribution is 2.25. The van der Waals surface area contributed by atoms with Gasteiger partial charge in [-0.05, 0) is 28.1 Å². The summed E-state index contributed by atoms with van der Waals surface area (Å²) in [6.07, 6.45) is 0.620. The summed E-state index contributed by atoms with van der Waals surface area (Å²) in [7, 11) is 0. The van der Waals surface area contributed by atoms with Crippen molar-refractivity contribution >= 4 is 22.2 Å². The molecule has 0 bridgehead atoms. The number of carbonyl (C=O) groups excluding carboxylic acids is 1. The van der Waals surface area contributed by atoms with Crippen LogP contribution >= 0.6 is 15.9 Å². The average molecular weight is 219 g/mol. The number of rotatable bonds is 2. The standard InChI is InChI=1S/C7H4BrFO2/c8-6-2-1-5(4-10)3-7(6)11-9/h1-4H. The lowest BCUT2D eigenvalue weighted by Gasteiger charge is -1.97. The summed E-state index contributed by atoms with van der Waals surface area (Å²) in [6, 6.07) is 4.40. The van der Waals surface area contributed by atoms with Crippen LogP contribution < -0.4 is 4.94 Å². The van der Waals surface area contributed by atoms with Crippen molar-refractivity contribution in [2.24, 2.45) is 0 Å². The molecule has 0 aliphatic carbocycles. The van der Waals surface area contributed by atoms with Crippen LogP contribution in [-0.2, 0) is 0 Å². The third kappa shape index (κ3) is 1.77. The molecule has 0 spiro atoms. The van der Waals surface area contributed by atoms with Crippen LogP contribution in [0.3, 0.4) is 0 Å². The normalized spacial score (nSPS) is 9.27. The van der Waals surface area contributed by atoms with Crippen molar-refractivity contribution < 1.29 is 14.3 Å². The summed E-state index contributed by atoms with van der Waals surface area (Å²) in [5.41, 5.74) is 0.376. The van der Waals surface area contributed by atoms with E-state index in [9.17, 15) is 9.32 Å². The molecule has 0 heterocycles. The molecule has 4 heteroatoms. The van der Waals surface area contributed by atoms with Gasteiger partial charge in [-0.15, -0.1) is 0 Å². The molecule has 1 rings (SSSR count). The van der Waals surface area contributed by atoms with E-state index < -0.39 is 0 Å². The van der Waals surface area contributed by atoms with Gasteiger partial charge in [0.2, 0.25) is 0 Å². The van der Waals surface area contributed by atoms with Crippen LogP contribution in [0.1, 0.15) is 10.4 Å². The van der Waals surface area contributed by atoms with Crippen LogP contribution in [0.4, 0.5) is 4.53 Å². The predicted molar refractivity (Wildman–Crippen MR) is 41.3 cm³/mol. The van der Waals surface area contributed by atoms with Gasteiger partial charge < -0.3 is 0 Å². The third-order valence-electron chi connectivity index (χ3n) is 1.17. The van der Waals surface area contributed by atoms with Crippen molar-refractivity contribution in [2.45, 2.75) is 0 Å². The zero-order valence-electron chi connectivity index (χ0n) is 5.38. The summed E-state index contributed by atoms with van der Waals surface area (Å²) in [4.78, 5) is 13.7.